The van der Waals surface area contributed by atoms with Crippen molar-refractivity contribution in [2.75, 3.05) is 26.4 Å². The first-order valence-electron chi connectivity index (χ1n) is 17.0. The maximum absolute atomic E-state index is 12.6. The second-order valence-corrected chi connectivity index (χ2v) is 12.2. The van der Waals surface area contributed by atoms with Gasteiger partial charge in [-0.05, 0) is 99.0 Å². The summed E-state index contributed by atoms with van der Waals surface area (Å²) in [5, 5.41) is 9.45. The molecule has 0 N–H and O–H groups in total. The number of rotatable bonds is 15. The summed E-state index contributed by atoms with van der Waals surface area (Å²) >= 11 is 0. The van der Waals surface area contributed by atoms with E-state index in [1.54, 1.807) is 18.3 Å². The number of hydrogen-bond donors (Lipinski definition) is 0. The first kappa shape index (κ1) is 33.5. The Kier molecular flexibility index (Phi) is 10.3. The fourth-order valence-electron chi connectivity index (χ4n) is 5.82. The summed E-state index contributed by atoms with van der Waals surface area (Å²) in [6.07, 6.45) is 4.42. The van der Waals surface area contributed by atoms with Crippen LogP contribution in [-0.2, 0) is 17.7 Å². The number of aromatic nitrogens is 3. The summed E-state index contributed by atoms with van der Waals surface area (Å²) in [4.78, 5) is 25.0. The molecule has 0 aliphatic carbocycles. The minimum atomic E-state index is -0.0705. The highest BCUT2D eigenvalue weighted by atomic mass is 16.5. The average Bonchev–Trinajstić information content (AvgIpc) is 3.60. The topological polar surface area (TPSA) is 119 Å². The Balaban J connectivity index is 0.791. The first-order valence-corrected chi connectivity index (χ1v) is 17.0. The van der Waals surface area contributed by atoms with Crippen molar-refractivity contribution in [1.82, 2.24) is 15.0 Å². The molecule has 10 heteroatoms. The lowest BCUT2D eigenvalue weighted by Crippen LogP contribution is -2.14. The van der Waals surface area contributed by atoms with E-state index in [1.807, 2.05) is 90.5 Å². The van der Waals surface area contributed by atoms with Gasteiger partial charge in [-0.1, -0.05) is 29.0 Å². The maximum Gasteiger partial charge on any atom is 0.193 e. The second-order valence-electron chi connectivity index (χ2n) is 12.2. The first-order chi connectivity index (χ1) is 25.0. The van der Waals surface area contributed by atoms with Gasteiger partial charge in [0.1, 0.15) is 40.8 Å². The van der Waals surface area contributed by atoms with E-state index in [-0.39, 0.29) is 10.9 Å². The van der Waals surface area contributed by atoms with Crippen molar-refractivity contribution in [1.29, 1.82) is 0 Å². The molecule has 0 aliphatic heterocycles. The molecule has 3 aromatic heterocycles. The van der Waals surface area contributed by atoms with E-state index in [0.29, 0.717) is 72.2 Å². The number of unbranched alkanes of at least 4 members (excludes halogenated alkanes) is 1. The molecule has 4 aromatic carbocycles. The number of hydrogen-bond acceptors (Lipinski definition) is 9. The van der Waals surface area contributed by atoms with Crippen molar-refractivity contribution < 1.29 is 23.0 Å². The van der Waals surface area contributed by atoms with Crippen LogP contribution in [0.5, 0.6) is 11.5 Å². The quantitative estimate of drug-likeness (QED) is 0.101. The standard InChI is InChI=1S/C41H37N3O7/c1-28-9-18-39-35(24-28)37(46)26-41(51-39)30-10-14-32(15-11-30)48-20-5-4-6-31-27-42-43-44(31)19-21-47-22-23-49-33-16-12-29(13-17-33)40-25-36(45)34-7-2-3-8-38(34)50-40/h2-3,7-18,24-27H,4-6,19-23H2,1H3. The maximum atomic E-state index is 12.6. The lowest BCUT2D eigenvalue weighted by atomic mass is 10.1. The fourth-order valence-corrected chi connectivity index (χ4v) is 5.82. The van der Waals surface area contributed by atoms with Crippen LogP contribution in [0.2, 0.25) is 0 Å². The zero-order chi connectivity index (χ0) is 35.0. The summed E-state index contributed by atoms with van der Waals surface area (Å²) < 4.78 is 31.4. The van der Waals surface area contributed by atoms with Gasteiger partial charge in [0.2, 0.25) is 0 Å². The highest BCUT2D eigenvalue weighted by Gasteiger charge is 2.10. The molecule has 7 rings (SSSR count). The van der Waals surface area contributed by atoms with E-state index >= 15 is 0 Å². The molecule has 10 nitrogen and oxygen atoms in total. The van der Waals surface area contributed by atoms with Crippen molar-refractivity contribution in [3.05, 3.63) is 141 Å². The monoisotopic (exact) mass is 683 g/mol. The van der Waals surface area contributed by atoms with Crippen LogP contribution >= 0.6 is 0 Å². The predicted molar refractivity (Wildman–Crippen MR) is 195 cm³/mol. The van der Waals surface area contributed by atoms with Crippen LogP contribution in [0, 0.1) is 6.92 Å². The number of benzene rings is 4. The third-order valence-corrected chi connectivity index (χ3v) is 8.53. The van der Waals surface area contributed by atoms with Gasteiger partial charge in [-0.3, -0.25) is 9.59 Å². The molecule has 51 heavy (non-hydrogen) atoms. The van der Waals surface area contributed by atoms with Gasteiger partial charge in [0, 0.05) is 23.3 Å². The smallest absolute Gasteiger partial charge is 0.193 e. The van der Waals surface area contributed by atoms with Crippen molar-refractivity contribution in [3.63, 3.8) is 0 Å². The summed E-state index contributed by atoms with van der Waals surface area (Å²) in [6, 6.07) is 30.9. The highest BCUT2D eigenvalue weighted by Crippen LogP contribution is 2.26. The number of aryl methyl sites for hydroxylation is 2. The zero-order valence-electron chi connectivity index (χ0n) is 28.2. The normalized spacial score (nSPS) is 11.3. The molecule has 0 bridgehead atoms. The molecule has 0 saturated carbocycles. The van der Waals surface area contributed by atoms with Crippen LogP contribution in [0.1, 0.15) is 24.1 Å². The van der Waals surface area contributed by atoms with Gasteiger partial charge >= 0.3 is 0 Å². The van der Waals surface area contributed by atoms with Gasteiger partial charge in [-0.15, -0.1) is 5.10 Å². The molecule has 3 heterocycles. The predicted octanol–water partition coefficient (Wildman–Crippen LogP) is 7.63. The summed E-state index contributed by atoms with van der Waals surface area (Å²) in [6.45, 7) is 4.45. The van der Waals surface area contributed by atoms with Gasteiger partial charge in [0.15, 0.2) is 10.9 Å². The van der Waals surface area contributed by atoms with Crippen LogP contribution in [0.25, 0.3) is 44.6 Å². The molecule has 7 aromatic rings. The van der Waals surface area contributed by atoms with Gasteiger partial charge in [-0.25, -0.2) is 4.68 Å². The summed E-state index contributed by atoms with van der Waals surface area (Å²) in [5.41, 5.74) is 4.71. The number of fused-ring (bicyclic) bond motifs is 2. The third kappa shape index (κ3) is 8.25. The third-order valence-electron chi connectivity index (χ3n) is 8.53. The Bertz CT molecular complexity index is 2360. The van der Waals surface area contributed by atoms with E-state index in [0.717, 1.165) is 47.4 Å². The van der Waals surface area contributed by atoms with Gasteiger partial charge < -0.3 is 23.0 Å². The van der Waals surface area contributed by atoms with Crippen LogP contribution in [0.15, 0.2) is 128 Å². The minimum absolute atomic E-state index is 0.0547. The van der Waals surface area contributed by atoms with Gasteiger partial charge in [0.05, 0.1) is 49.0 Å². The lowest BCUT2D eigenvalue weighted by Gasteiger charge is -2.10. The van der Waals surface area contributed by atoms with E-state index in [4.69, 9.17) is 23.0 Å². The number of ether oxygens (including phenoxy) is 3. The second kappa shape index (κ2) is 15.7. The molecule has 0 amide bonds. The Morgan fingerprint density at radius 2 is 1.29 bits per heavy atom. The molecule has 0 saturated heterocycles. The molecule has 258 valence electrons. The number of nitrogens with zero attached hydrogens (tertiary/aromatic N) is 3. The van der Waals surface area contributed by atoms with Crippen molar-refractivity contribution in [3.8, 4) is 34.1 Å². The van der Waals surface area contributed by atoms with E-state index in [9.17, 15) is 9.59 Å². The summed E-state index contributed by atoms with van der Waals surface area (Å²) in [7, 11) is 0. The van der Waals surface area contributed by atoms with Gasteiger partial charge in [0.25, 0.3) is 0 Å². The average molecular weight is 684 g/mol. The van der Waals surface area contributed by atoms with E-state index in [2.05, 4.69) is 10.3 Å². The number of para-hydroxylation sites is 1. The Morgan fingerprint density at radius 1 is 0.647 bits per heavy atom. The van der Waals surface area contributed by atoms with Crippen molar-refractivity contribution >= 4 is 21.9 Å². The fraction of sp³-hybridized carbons (Fsp3) is 0.220. The lowest BCUT2D eigenvalue weighted by molar-refractivity contribution is 0.0919. The molecule has 0 spiro atoms. The Morgan fingerprint density at radius 3 is 2.02 bits per heavy atom. The van der Waals surface area contributed by atoms with E-state index < -0.39 is 0 Å². The molecular weight excluding hydrogens is 646 g/mol. The molecule has 0 fully saturated rings. The van der Waals surface area contributed by atoms with Crippen LogP contribution < -0.4 is 20.3 Å². The minimum Gasteiger partial charge on any atom is -0.494 e. The van der Waals surface area contributed by atoms with E-state index in [1.165, 1.54) is 12.1 Å². The SMILES string of the molecule is Cc1ccc2oc(-c3ccc(OCCCCc4cnnn4CCOCCOc4ccc(-c5cc(=O)c6ccccc6o5)cc4)cc3)cc(=O)c2c1. The molecule has 0 radical (unpaired) electrons. The van der Waals surface area contributed by atoms with Crippen LogP contribution in [0.4, 0.5) is 0 Å². The highest BCUT2D eigenvalue weighted by molar-refractivity contribution is 5.80. The molecule has 0 atom stereocenters. The van der Waals surface area contributed by atoms with Crippen LogP contribution in [0.3, 0.4) is 0 Å². The molecular formula is C41H37N3O7. The zero-order valence-corrected chi connectivity index (χ0v) is 28.2. The van der Waals surface area contributed by atoms with Crippen molar-refractivity contribution in [2.24, 2.45) is 0 Å². The Labute approximate surface area is 293 Å². The molecule has 0 unspecified atom stereocenters. The summed E-state index contributed by atoms with van der Waals surface area (Å²) in [5.74, 6) is 2.52. The largest absolute Gasteiger partial charge is 0.494 e. The van der Waals surface area contributed by atoms with Crippen LogP contribution in [-0.4, -0.2) is 41.4 Å². The Hall–Kier alpha value is -6.00. The van der Waals surface area contributed by atoms with Gasteiger partial charge in [-0.2, -0.15) is 0 Å². The molecule has 0 aliphatic rings. The van der Waals surface area contributed by atoms with Crippen molar-refractivity contribution in [2.45, 2.75) is 32.7 Å².